The van der Waals surface area contributed by atoms with Gasteiger partial charge in [0.2, 0.25) is 11.8 Å². The minimum absolute atomic E-state index is 0.0291. The zero-order chi connectivity index (χ0) is 33.9. The second-order valence-electron chi connectivity index (χ2n) is 12.0. The van der Waals surface area contributed by atoms with Crippen LogP contribution in [0.1, 0.15) is 137 Å². The second-order valence-corrected chi connectivity index (χ2v) is 12.0. The van der Waals surface area contributed by atoms with Crippen LogP contribution in [-0.4, -0.2) is 33.8 Å². The monoisotopic (exact) mass is 638 g/mol. The summed E-state index contributed by atoms with van der Waals surface area (Å²) in [5, 5.41) is 20.9. The van der Waals surface area contributed by atoms with Crippen LogP contribution >= 0.6 is 0 Å². The molecule has 0 aliphatic heterocycles. The standard InChI is InChI=1S/C36H54N4O6/c1-5-9-12-15-18-28(34(44)38-40-36(46)30-22-20-26(24-32(30)42)17-14-11-7-3)27(8-4)33(43)37-39-35(45)29-21-19-25(23-31(29)41)16-13-10-6-2/h19-24,27-28,41-42H,5-18H2,1-4H3,(H,37,43)(H,38,44)(H,39,45)(H,40,46). The molecular weight excluding hydrogens is 584 g/mol. The summed E-state index contributed by atoms with van der Waals surface area (Å²) in [6.45, 7) is 8.09. The SMILES string of the molecule is CCCCCCC(C(=O)NNC(=O)c1ccc(CCCCC)cc1O)C(CC)C(=O)NNC(=O)c1ccc(CCCCC)cc1O. The molecule has 0 radical (unpaired) electrons. The third-order valence-corrected chi connectivity index (χ3v) is 8.32. The lowest BCUT2D eigenvalue weighted by Gasteiger charge is -2.25. The van der Waals surface area contributed by atoms with Crippen LogP contribution in [0.5, 0.6) is 11.5 Å². The first-order chi connectivity index (χ1) is 22.2. The molecule has 0 saturated carbocycles. The van der Waals surface area contributed by atoms with Crippen LogP contribution in [0.4, 0.5) is 0 Å². The number of amides is 4. The van der Waals surface area contributed by atoms with Crippen LogP contribution in [0.15, 0.2) is 36.4 Å². The number of unbranched alkanes of at least 4 members (excludes halogenated alkanes) is 7. The van der Waals surface area contributed by atoms with Crippen LogP contribution in [0.3, 0.4) is 0 Å². The van der Waals surface area contributed by atoms with Gasteiger partial charge in [0.15, 0.2) is 0 Å². The van der Waals surface area contributed by atoms with Crippen LogP contribution in [0.25, 0.3) is 0 Å². The highest BCUT2D eigenvalue weighted by atomic mass is 16.3. The first kappa shape index (κ1) is 38.1. The van der Waals surface area contributed by atoms with E-state index in [1.165, 1.54) is 12.1 Å². The summed E-state index contributed by atoms with van der Waals surface area (Å²) in [6.07, 6.45) is 12.2. The van der Waals surface area contributed by atoms with Crippen molar-refractivity contribution in [3.63, 3.8) is 0 Å². The molecule has 0 fully saturated rings. The number of carbonyl (C=O) groups is 4. The van der Waals surface area contributed by atoms with Gasteiger partial charge in [0.25, 0.3) is 11.8 Å². The Morgan fingerprint density at radius 1 is 0.565 bits per heavy atom. The molecule has 2 aromatic rings. The maximum Gasteiger partial charge on any atom is 0.273 e. The Labute approximate surface area is 274 Å². The maximum absolute atomic E-state index is 13.4. The molecule has 2 atom stereocenters. The molecule has 10 nitrogen and oxygen atoms in total. The molecule has 6 N–H and O–H groups in total. The summed E-state index contributed by atoms with van der Waals surface area (Å²) < 4.78 is 0. The number of phenols is 2. The van der Waals surface area contributed by atoms with E-state index in [1.807, 2.05) is 0 Å². The summed E-state index contributed by atoms with van der Waals surface area (Å²) in [5.74, 6) is -4.36. The molecule has 0 aliphatic rings. The Morgan fingerprint density at radius 3 is 1.41 bits per heavy atom. The van der Waals surface area contributed by atoms with Crippen molar-refractivity contribution in [2.24, 2.45) is 11.8 Å². The third kappa shape index (κ3) is 12.4. The third-order valence-electron chi connectivity index (χ3n) is 8.32. The van der Waals surface area contributed by atoms with E-state index in [-0.39, 0.29) is 22.6 Å². The van der Waals surface area contributed by atoms with Crippen LogP contribution in [0.2, 0.25) is 0 Å². The predicted octanol–water partition coefficient (Wildman–Crippen LogP) is 6.40. The van der Waals surface area contributed by atoms with Gasteiger partial charge in [0, 0.05) is 0 Å². The van der Waals surface area contributed by atoms with Gasteiger partial charge >= 0.3 is 0 Å². The first-order valence-electron chi connectivity index (χ1n) is 17.0. The van der Waals surface area contributed by atoms with E-state index in [4.69, 9.17) is 0 Å². The van der Waals surface area contributed by atoms with Gasteiger partial charge in [-0.2, -0.15) is 0 Å². The van der Waals surface area contributed by atoms with Crippen molar-refractivity contribution in [3.05, 3.63) is 58.7 Å². The van der Waals surface area contributed by atoms with Crippen LogP contribution in [0, 0.1) is 11.8 Å². The van der Waals surface area contributed by atoms with E-state index in [9.17, 15) is 29.4 Å². The Balaban J connectivity index is 2.06. The Kier molecular flexibility index (Phi) is 17.3. The highest BCUT2D eigenvalue weighted by Gasteiger charge is 2.33. The number of hydrogen-bond acceptors (Lipinski definition) is 6. The first-order valence-corrected chi connectivity index (χ1v) is 17.0. The predicted molar refractivity (Wildman–Crippen MR) is 180 cm³/mol. The van der Waals surface area contributed by atoms with Gasteiger partial charge in [0.05, 0.1) is 23.0 Å². The molecular formula is C36H54N4O6. The van der Waals surface area contributed by atoms with Gasteiger partial charge in [-0.3, -0.25) is 40.9 Å². The van der Waals surface area contributed by atoms with Crippen LogP contribution in [-0.2, 0) is 22.4 Å². The number of phenolic OH excluding ortho intramolecular Hbond substituents is 2. The topological polar surface area (TPSA) is 157 Å². The molecule has 0 bridgehead atoms. The lowest BCUT2D eigenvalue weighted by molar-refractivity contribution is -0.136. The molecule has 2 aromatic carbocycles. The average molecular weight is 639 g/mol. The van der Waals surface area contributed by atoms with Crippen molar-refractivity contribution in [3.8, 4) is 11.5 Å². The van der Waals surface area contributed by atoms with Crippen molar-refractivity contribution in [1.29, 1.82) is 0 Å². The highest BCUT2D eigenvalue weighted by molar-refractivity contribution is 5.99. The van der Waals surface area contributed by atoms with Crippen molar-refractivity contribution in [1.82, 2.24) is 21.7 Å². The van der Waals surface area contributed by atoms with E-state index >= 15 is 0 Å². The van der Waals surface area contributed by atoms with E-state index < -0.39 is 35.5 Å². The number of hydrazine groups is 2. The molecule has 0 aliphatic carbocycles. The quantitative estimate of drug-likeness (QED) is 0.0773. The zero-order valence-electron chi connectivity index (χ0n) is 28.0. The van der Waals surface area contributed by atoms with E-state index in [2.05, 4.69) is 42.5 Å². The molecule has 2 rings (SSSR count). The van der Waals surface area contributed by atoms with Crippen molar-refractivity contribution < 1.29 is 29.4 Å². The molecule has 0 saturated heterocycles. The fourth-order valence-electron chi connectivity index (χ4n) is 5.52. The number of carbonyl (C=O) groups excluding carboxylic acids is 4. The Bertz CT molecular complexity index is 1280. The zero-order valence-corrected chi connectivity index (χ0v) is 28.0. The van der Waals surface area contributed by atoms with Crippen molar-refractivity contribution in [2.45, 2.75) is 118 Å². The van der Waals surface area contributed by atoms with E-state index in [0.717, 1.165) is 81.8 Å². The number of rotatable bonds is 19. The number of nitrogens with one attached hydrogen (secondary N) is 4. The summed E-state index contributed by atoms with van der Waals surface area (Å²) in [5.41, 5.74) is 11.5. The van der Waals surface area contributed by atoms with Crippen LogP contribution < -0.4 is 21.7 Å². The number of hydrogen-bond donors (Lipinski definition) is 6. The van der Waals surface area contributed by atoms with Gasteiger partial charge < -0.3 is 10.2 Å². The Morgan fingerprint density at radius 2 is 1.00 bits per heavy atom. The summed E-state index contributed by atoms with van der Waals surface area (Å²) in [7, 11) is 0. The van der Waals surface area contributed by atoms with Gasteiger partial charge in [-0.25, -0.2) is 0 Å². The number of aromatic hydroxyl groups is 2. The largest absolute Gasteiger partial charge is 0.507 e. The molecule has 0 heterocycles. The number of benzene rings is 2. The fraction of sp³-hybridized carbons (Fsp3) is 0.556. The summed E-state index contributed by atoms with van der Waals surface area (Å²) in [6, 6.07) is 9.76. The molecule has 4 amide bonds. The maximum atomic E-state index is 13.4. The van der Waals surface area contributed by atoms with Gasteiger partial charge in [-0.15, -0.1) is 0 Å². The molecule has 0 aromatic heterocycles. The molecule has 2 unspecified atom stereocenters. The van der Waals surface area contributed by atoms with E-state index in [0.29, 0.717) is 19.3 Å². The number of aryl methyl sites for hydroxylation is 2. The smallest absolute Gasteiger partial charge is 0.273 e. The molecule has 254 valence electrons. The van der Waals surface area contributed by atoms with Gasteiger partial charge in [-0.05, 0) is 73.9 Å². The normalized spacial score (nSPS) is 12.2. The summed E-state index contributed by atoms with van der Waals surface area (Å²) in [4.78, 5) is 52.3. The molecule has 46 heavy (non-hydrogen) atoms. The van der Waals surface area contributed by atoms with E-state index in [1.54, 1.807) is 31.2 Å². The highest BCUT2D eigenvalue weighted by Crippen LogP contribution is 2.25. The minimum atomic E-state index is -0.802. The fourth-order valence-corrected chi connectivity index (χ4v) is 5.52. The lowest BCUT2D eigenvalue weighted by atomic mass is 9.84. The summed E-state index contributed by atoms with van der Waals surface area (Å²) >= 11 is 0. The second kappa shape index (κ2) is 20.9. The van der Waals surface area contributed by atoms with Crippen molar-refractivity contribution in [2.75, 3.05) is 0 Å². The van der Waals surface area contributed by atoms with Gasteiger partial charge in [0.1, 0.15) is 11.5 Å². The lowest BCUT2D eigenvalue weighted by Crippen LogP contribution is -2.51. The van der Waals surface area contributed by atoms with Crippen molar-refractivity contribution >= 4 is 23.6 Å². The average Bonchev–Trinajstić information content (AvgIpc) is 3.04. The molecule has 10 heteroatoms. The Hall–Kier alpha value is -4.08. The molecule has 0 spiro atoms. The minimum Gasteiger partial charge on any atom is -0.507 e. The van der Waals surface area contributed by atoms with Gasteiger partial charge in [-0.1, -0.05) is 91.2 Å².